The van der Waals surface area contributed by atoms with Crippen molar-refractivity contribution >= 4 is 47.4 Å². The first kappa shape index (κ1) is 27.7. The maximum atomic E-state index is 10.9. The van der Waals surface area contributed by atoms with E-state index < -0.39 is 22.2 Å². The van der Waals surface area contributed by atoms with Gasteiger partial charge in [-0.05, 0) is 80.8 Å². The van der Waals surface area contributed by atoms with Crippen LogP contribution in [0.25, 0.3) is 22.3 Å². The first-order valence-electron chi connectivity index (χ1n) is 9.32. The molecular weight excluding hydrogens is 546 g/mol. The van der Waals surface area contributed by atoms with Crippen LogP contribution in [0.4, 0.5) is 0 Å². The van der Waals surface area contributed by atoms with Gasteiger partial charge in [-0.3, -0.25) is 8.42 Å². The van der Waals surface area contributed by atoms with Crippen LogP contribution in [0.5, 0.6) is 0 Å². The standard InChI is InChI=1S/2C12H10O2S2.Zn/c2*13-16(14)10-6-7-12(15)11(8-10)9-4-2-1-3-5-9;/h2*1-8,15H,(H,13,14);/q;;+2/p-2. The van der Waals surface area contributed by atoms with Crippen molar-refractivity contribution in [3.63, 3.8) is 0 Å². The molecule has 9 heteroatoms. The summed E-state index contributed by atoms with van der Waals surface area (Å²) in [6, 6.07) is 28.9. The molecule has 0 saturated heterocycles. The summed E-state index contributed by atoms with van der Waals surface area (Å²) in [5, 5.41) is 0. The normalized spacial score (nSPS) is 12.0. The largest absolute Gasteiger partial charge is 2.00 e. The Morgan fingerprint density at radius 1 is 0.545 bits per heavy atom. The predicted molar refractivity (Wildman–Crippen MR) is 133 cm³/mol. The Morgan fingerprint density at radius 3 is 1.18 bits per heavy atom. The molecule has 164 valence electrons. The van der Waals surface area contributed by atoms with Gasteiger partial charge in [0.1, 0.15) is 0 Å². The van der Waals surface area contributed by atoms with E-state index in [1.807, 2.05) is 60.7 Å². The van der Waals surface area contributed by atoms with E-state index in [4.69, 9.17) is 0 Å². The van der Waals surface area contributed by atoms with E-state index in [2.05, 4.69) is 25.3 Å². The summed E-state index contributed by atoms with van der Waals surface area (Å²) >= 11 is 4.24. The molecule has 0 amide bonds. The molecule has 0 aromatic heterocycles. The molecular formula is C24H18O4S4Zn. The van der Waals surface area contributed by atoms with Gasteiger partial charge in [0.15, 0.2) is 0 Å². The van der Waals surface area contributed by atoms with Crippen molar-refractivity contribution in [1.82, 2.24) is 0 Å². The Kier molecular flexibility index (Phi) is 11.2. The molecule has 4 aromatic rings. The number of benzene rings is 4. The molecule has 2 atom stereocenters. The van der Waals surface area contributed by atoms with E-state index in [0.717, 1.165) is 32.0 Å². The summed E-state index contributed by atoms with van der Waals surface area (Å²) < 4.78 is 43.5. The number of hydrogen-bond acceptors (Lipinski definition) is 6. The monoisotopic (exact) mass is 562 g/mol. The van der Waals surface area contributed by atoms with Gasteiger partial charge in [0.2, 0.25) is 0 Å². The van der Waals surface area contributed by atoms with Crippen LogP contribution in [0.1, 0.15) is 0 Å². The molecule has 0 aliphatic carbocycles. The van der Waals surface area contributed by atoms with Gasteiger partial charge in [-0.15, -0.1) is 25.3 Å². The van der Waals surface area contributed by atoms with Crippen molar-refractivity contribution in [2.24, 2.45) is 0 Å². The summed E-state index contributed by atoms with van der Waals surface area (Å²) in [6.45, 7) is 0. The van der Waals surface area contributed by atoms with Gasteiger partial charge in [0.25, 0.3) is 0 Å². The van der Waals surface area contributed by atoms with Crippen molar-refractivity contribution in [2.45, 2.75) is 19.6 Å². The van der Waals surface area contributed by atoms with Gasteiger partial charge < -0.3 is 9.11 Å². The zero-order valence-electron chi connectivity index (χ0n) is 17.3. The summed E-state index contributed by atoms with van der Waals surface area (Å²) in [5.74, 6) is 0. The fraction of sp³-hybridized carbons (Fsp3) is 0. The van der Waals surface area contributed by atoms with Crippen molar-refractivity contribution in [3.8, 4) is 22.3 Å². The van der Waals surface area contributed by atoms with Crippen LogP contribution in [-0.4, -0.2) is 17.5 Å². The number of rotatable bonds is 4. The Bertz CT molecular complexity index is 1150. The van der Waals surface area contributed by atoms with E-state index in [0.29, 0.717) is 0 Å². The van der Waals surface area contributed by atoms with Crippen molar-refractivity contribution in [2.75, 3.05) is 0 Å². The Labute approximate surface area is 222 Å². The van der Waals surface area contributed by atoms with Gasteiger partial charge in [0.05, 0.1) is 0 Å². The number of thiol groups is 2. The topological polar surface area (TPSA) is 80.3 Å². The molecule has 0 spiro atoms. The third-order valence-electron chi connectivity index (χ3n) is 4.49. The maximum Gasteiger partial charge on any atom is 2.00 e. The SMILES string of the molecule is O=S([O-])c1ccc(S)c(-c2ccccc2)c1.O=S([O-])c1ccc(S)c(-c2ccccc2)c1.[Zn+2]. The van der Waals surface area contributed by atoms with Gasteiger partial charge in [-0.2, -0.15) is 0 Å². The first-order chi connectivity index (χ1) is 15.4. The molecule has 33 heavy (non-hydrogen) atoms. The maximum absolute atomic E-state index is 10.9. The van der Waals surface area contributed by atoms with Crippen LogP contribution in [0.15, 0.2) is 117 Å². The zero-order valence-corrected chi connectivity index (χ0v) is 23.7. The minimum Gasteiger partial charge on any atom is -0.768 e. The van der Waals surface area contributed by atoms with E-state index in [1.165, 1.54) is 12.1 Å². The van der Waals surface area contributed by atoms with Crippen LogP contribution >= 0.6 is 25.3 Å². The van der Waals surface area contributed by atoms with Crippen molar-refractivity contribution in [1.29, 1.82) is 0 Å². The molecule has 0 N–H and O–H groups in total. The van der Waals surface area contributed by atoms with E-state index in [9.17, 15) is 17.5 Å². The average molecular weight is 564 g/mol. The van der Waals surface area contributed by atoms with E-state index >= 15 is 0 Å². The minimum absolute atomic E-state index is 0. The molecule has 0 aliphatic rings. The summed E-state index contributed by atoms with van der Waals surface area (Å²) in [7, 11) is 0. The second-order valence-electron chi connectivity index (χ2n) is 6.56. The van der Waals surface area contributed by atoms with Crippen LogP contribution in [-0.2, 0) is 41.6 Å². The second-order valence-corrected chi connectivity index (χ2v) is 9.40. The molecule has 4 aromatic carbocycles. The first-order valence-corrected chi connectivity index (χ1v) is 12.4. The van der Waals surface area contributed by atoms with Crippen molar-refractivity contribution in [3.05, 3.63) is 97.1 Å². The quantitative estimate of drug-likeness (QED) is 0.188. The summed E-state index contributed by atoms with van der Waals surface area (Å²) in [6.07, 6.45) is 0. The smallest absolute Gasteiger partial charge is 0.768 e. The molecule has 0 saturated carbocycles. The van der Waals surface area contributed by atoms with Gasteiger partial charge in [-0.1, -0.05) is 60.7 Å². The fourth-order valence-electron chi connectivity index (χ4n) is 2.94. The second kappa shape index (κ2) is 13.3. The van der Waals surface area contributed by atoms with Crippen LogP contribution in [0.2, 0.25) is 0 Å². The summed E-state index contributed by atoms with van der Waals surface area (Å²) in [5.41, 5.74) is 3.57. The zero-order chi connectivity index (χ0) is 23.1. The van der Waals surface area contributed by atoms with E-state index in [-0.39, 0.29) is 29.3 Å². The molecule has 0 fully saturated rings. The molecule has 0 heterocycles. The molecule has 2 unspecified atom stereocenters. The van der Waals surface area contributed by atoms with Crippen LogP contribution in [0, 0.1) is 0 Å². The Balaban J connectivity index is 0.000000227. The van der Waals surface area contributed by atoms with E-state index in [1.54, 1.807) is 24.3 Å². The van der Waals surface area contributed by atoms with Gasteiger partial charge >= 0.3 is 19.5 Å². The molecule has 0 bridgehead atoms. The molecule has 0 aliphatic heterocycles. The minimum atomic E-state index is -2.21. The number of hydrogen-bond donors (Lipinski definition) is 2. The Morgan fingerprint density at radius 2 is 0.879 bits per heavy atom. The van der Waals surface area contributed by atoms with Crippen LogP contribution in [0.3, 0.4) is 0 Å². The van der Waals surface area contributed by atoms with Gasteiger partial charge in [0, 0.05) is 19.6 Å². The fourth-order valence-corrected chi connectivity index (χ4v) is 4.26. The summed E-state index contributed by atoms with van der Waals surface area (Å²) in [4.78, 5) is 2.08. The average Bonchev–Trinajstić information content (AvgIpc) is 2.81. The Hall–Kier alpha value is -1.58. The molecule has 4 nitrogen and oxygen atoms in total. The predicted octanol–water partition coefficient (Wildman–Crippen LogP) is 5.76. The van der Waals surface area contributed by atoms with Crippen molar-refractivity contribution < 1.29 is 37.0 Å². The third-order valence-corrected chi connectivity index (χ3v) is 6.55. The molecule has 4 rings (SSSR count). The van der Waals surface area contributed by atoms with Crippen LogP contribution < -0.4 is 0 Å². The third kappa shape index (κ3) is 7.72. The molecule has 0 radical (unpaired) electrons. The van der Waals surface area contributed by atoms with Gasteiger partial charge in [-0.25, -0.2) is 0 Å².